The molecule has 0 bridgehead atoms. The Morgan fingerprint density at radius 1 is 1.13 bits per heavy atom. The van der Waals surface area contributed by atoms with Crippen LogP contribution in [0.2, 0.25) is 5.02 Å². The van der Waals surface area contributed by atoms with E-state index in [9.17, 15) is 5.11 Å². The minimum atomic E-state index is -1.14. The van der Waals surface area contributed by atoms with E-state index in [1.165, 1.54) is 0 Å². The average molecular weight is 219 g/mol. The van der Waals surface area contributed by atoms with Crippen LogP contribution >= 0.6 is 11.6 Å². The number of hydrogen-bond donors (Lipinski definition) is 1. The standard InChI is InChI=1S/C13H11ClO/c1-3-9-13(15,10-4-2)11-5-7-12(14)8-6-11/h1-2,5-8,15H,9-10H2. The first-order valence-electron chi connectivity index (χ1n) is 4.48. The van der Waals surface area contributed by atoms with Gasteiger partial charge in [0.1, 0.15) is 5.60 Å². The quantitative estimate of drug-likeness (QED) is 0.774. The number of terminal acetylenes is 2. The van der Waals surface area contributed by atoms with E-state index >= 15 is 0 Å². The average Bonchev–Trinajstić information content (AvgIpc) is 2.19. The summed E-state index contributed by atoms with van der Waals surface area (Å²) in [6.07, 6.45) is 10.8. The maximum absolute atomic E-state index is 10.2. The Hall–Kier alpha value is -1.41. The Bertz CT molecular complexity index is 390. The van der Waals surface area contributed by atoms with Gasteiger partial charge in [-0.25, -0.2) is 0 Å². The second-order valence-electron chi connectivity index (χ2n) is 3.30. The van der Waals surface area contributed by atoms with Gasteiger partial charge in [0.15, 0.2) is 0 Å². The van der Waals surface area contributed by atoms with Crippen LogP contribution in [0.4, 0.5) is 0 Å². The number of hydrogen-bond acceptors (Lipinski definition) is 1. The van der Waals surface area contributed by atoms with Gasteiger partial charge >= 0.3 is 0 Å². The molecule has 0 aliphatic heterocycles. The molecule has 76 valence electrons. The first kappa shape index (κ1) is 11.7. The van der Waals surface area contributed by atoms with Crippen molar-refractivity contribution in [3.8, 4) is 24.7 Å². The molecule has 1 rings (SSSR count). The van der Waals surface area contributed by atoms with Crippen LogP contribution in [-0.4, -0.2) is 5.11 Å². The van der Waals surface area contributed by atoms with Crippen LogP contribution in [0.25, 0.3) is 0 Å². The fourth-order valence-electron chi connectivity index (χ4n) is 1.36. The van der Waals surface area contributed by atoms with Gasteiger partial charge in [-0.1, -0.05) is 23.7 Å². The lowest BCUT2D eigenvalue weighted by Crippen LogP contribution is -2.24. The Kier molecular flexibility index (Phi) is 3.81. The molecule has 1 aromatic carbocycles. The monoisotopic (exact) mass is 218 g/mol. The van der Waals surface area contributed by atoms with Crippen LogP contribution < -0.4 is 0 Å². The van der Waals surface area contributed by atoms with Crippen LogP contribution in [0.15, 0.2) is 24.3 Å². The van der Waals surface area contributed by atoms with Crippen LogP contribution in [0.1, 0.15) is 18.4 Å². The van der Waals surface area contributed by atoms with Crippen LogP contribution in [0.3, 0.4) is 0 Å². The third-order valence-corrected chi connectivity index (χ3v) is 2.42. The van der Waals surface area contributed by atoms with Gasteiger partial charge in [-0.05, 0) is 17.7 Å². The number of rotatable bonds is 3. The minimum Gasteiger partial charge on any atom is -0.383 e. The molecule has 0 aromatic heterocycles. The third kappa shape index (κ3) is 2.77. The molecule has 0 aliphatic carbocycles. The summed E-state index contributed by atoms with van der Waals surface area (Å²) in [7, 11) is 0. The predicted molar refractivity (Wildman–Crippen MR) is 62.2 cm³/mol. The van der Waals surface area contributed by atoms with Crippen molar-refractivity contribution in [1.82, 2.24) is 0 Å². The maximum Gasteiger partial charge on any atom is 0.111 e. The van der Waals surface area contributed by atoms with Gasteiger partial charge in [0, 0.05) is 17.9 Å². The molecule has 0 aliphatic rings. The smallest absolute Gasteiger partial charge is 0.111 e. The van der Waals surface area contributed by atoms with E-state index in [4.69, 9.17) is 24.4 Å². The van der Waals surface area contributed by atoms with Crippen molar-refractivity contribution in [2.45, 2.75) is 18.4 Å². The van der Waals surface area contributed by atoms with Crippen LogP contribution in [0.5, 0.6) is 0 Å². The topological polar surface area (TPSA) is 20.2 Å². The highest BCUT2D eigenvalue weighted by molar-refractivity contribution is 6.30. The third-order valence-electron chi connectivity index (χ3n) is 2.17. The highest BCUT2D eigenvalue weighted by Crippen LogP contribution is 2.28. The first-order valence-corrected chi connectivity index (χ1v) is 4.85. The van der Waals surface area contributed by atoms with Crippen LogP contribution in [0, 0.1) is 24.7 Å². The lowest BCUT2D eigenvalue weighted by molar-refractivity contribution is 0.0475. The molecule has 0 amide bonds. The predicted octanol–water partition coefficient (Wildman–Crippen LogP) is 2.57. The Morgan fingerprint density at radius 3 is 2.00 bits per heavy atom. The second-order valence-corrected chi connectivity index (χ2v) is 3.74. The summed E-state index contributed by atoms with van der Waals surface area (Å²) in [6, 6.07) is 6.87. The normalized spacial score (nSPS) is 10.4. The summed E-state index contributed by atoms with van der Waals surface area (Å²) < 4.78 is 0. The minimum absolute atomic E-state index is 0.193. The Labute approximate surface area is 95.1 Å². The molecule has 0 saturated carbocycles. The summed E-state index contributed by atoms with van der Waals surface area (Å²) in [5, 5.41) is 10.9. The molecule has 0 fully saturated rings. The van der Waals surface area contributed by atoms with Gasteiger partial charge in [0.05, 0.1) is 0 Å². The van der Waals surface area contributed by atoms with E-state index in [1.54, 1.807) is 24.3 Å². The Morgan fingerprint density at radius 2 is 1.60 bits per heavy atom. The van der Waals surface area contributed by atoms with Crippen molar-refractivity contribution in [3.63, 3.8) is 0 Å². The van der Waals surface area contributed by atoms with Crippen molar-refractivity contribution < 1.29 is 5.11 Å². The molecule has 2 heteroatoms. The molecule has 0 atom stereocenters. The highest BCUT2D eigenvalue weighted by atomic mass is 35.5. The van der Waals surface area contributed by atoms with Crippen LogP contribution in [-0.2, 0) is 5.60 Å². The SMILES string of the molecule is C#CCC(O)(CC#C)c1ccc(Cl)cc1. The van der Waals surface area contributed by atoms with Gasteiger partial charge in [-0.15, -0.1) is 24.7 Å². The molecule has 15 heavy (non-hydrogen) atoms. The van der Waals surface area contributed by atoms with Crippen molar-refractivity contribution >= 4 is 11.6 Å². The molecule has 1 nitrogen and oxygen atoms in total. The summed E-state index contributed by atoms with van der Waals surface area (Å²) in [4.78, 5) is 0. The van der Waals surface area contributed by atoms with E-state index in [1.807, 2.05) is 0 Å². The van der Waals surface area contributed by atoms with Crippen molar-refractivity contribution in [2.75, 3.05) is 0 Å². The fourth-order valence-corrected chi connectivity index (χ4v) is 1.49. The van der Waals surface area contributed by atoms with Crippen molar-refractivity contribution in [3.05, 3.63) is 34.9 Å². The number of aliphatic hydroxyl groups is 1. The molecule has 1 aromatic rings. The molecule has 0 spiro atoms. The summed E-state index contributed by atoms with van der Waals surface area (Å²) in [5.74, 6) is 4.86. The molecule has 0 radical (unpaired) electrons. The van der Waals surface area contributed by atoms with Gasteiger partial charge < -0.3 is 5.11 Å². The summed E-state index contributed by atoms with van der Waals surface area (Å²) in [5.41, 5.74) is -0.448. The number of halogens is 1. The van der Waals surface area contributed by atoms with E-state index in [2.05, 4.69) is 11.8 Å². The van der Waals surface area contributed by atoms with Gasteiger partial charge in [0.2, 0.25) is 0 Å². The highest BCUT2D eigenvalue weighted by Gasteiger charge is 2.27. The number of benzene rings is 1. The first-order chi connectivity index (χ1) is 7.12. The van der Waals surface area contributed by atoms with E-state index in [-0.39, 0.29) is 12.8 Å². The summed E-state index contributed by atoms with van der Waals surface area (Å²) in [6.45, 7) is 0. The second kappa shape index (κ2) is 4.89. The maximum atomic E-state index is 10.2. The molecule has 0 heterocycles. The van der Waals surface area contributed by atoms with Crippen molar-refractivity contribution in [2.24, 2.45) is 0 Å². The van der Waals surface area contributed by atoms with E-state index in [0.717, 1.165) is 0 Å². The van der Waals surface area contributed by atoms with Gasteiger partial charge in [0.25, 0.3) is 0 Å². The lowest BCUT2D eigenvalue weighted by atomic mass is 9.88. The van der Waals surface area contributed by atoms with E-state index in [0.29, 0.717) is 10.6 Å². The molecule has 0 saturated heterocycles. The molecule has 1 N–H and O–H groups in total. The zero-order chi connectivity index (χ0) is 11.3. The van der Waals surface area contributed by atoms with Gasteiger partial charge in [-0.2, -0.15) is 0 Å². The molecular formula is C13H11ClO. The van der Waals surface area contributed by atoms with Crippen molar-refractivity contribution in [1.29, 1.82) is 0 Å². The summed E-state index contributed by atoms with van der Waals surface area (Å²) >= 11 is 5.75. The van der Waals surface area contributed by atoms with Gasteiger partial charge in [-0.3, -0.25) is 0 Å². The molecular weight excluding hydrogens is 208 g/mol. The zero-order valence-corrected chi connectivity index (χ0v) is 8.96. The molecule has 0 unspecified atom stereocenters. The fraction of sp³-hybridized carbons (Fsp3) is 0.231. The Balaban J connectivity index is 3.05. The lowest BCUT2D eigenvalue weighted by Gasteiger charge is -2.24. The zero-order valence-electron chi connectivity index (χ0n) is 8.20. The largest absolute Gasteiger partial charge is 0.383 e. The van der Waals surface area contributed by atoms with E-state index < -0.39 is 5.60 Å².